The quantitative estimate of drug-likeness (QED) is 0.700. The summed E-state index contributed by atoms with van der Waals surface area (Å²) < 4.78 is 10.8. The van der Waals surface area contributed by atoms with Crippen molar-refractivity contribution in [2.75, 3.05) is 13.2 Å². The number of hydrogen-bond acceptors (Lipinski definition) is 4. The zero-order valence-corrected chi connectivity index (χ0v) is 16.0. The van der Waals surface area contributed by atoms with Crippen molar-refractivity contribution in [1.82, 2.24) is 10.9 Å². The fraction of sp³-hybridized carbons (Fsp3) is 0.333. The normalized spacial score (nSPS) is 11.4. The highest BCUT2D eigenvalue weighted by Crippen LogP contribution is 2.21. The van der Waals surface area contributed by atoms with E-state index in [0.29, 0.717) is 17.4 Å². The number of amides is 2. The molecule has 0 radical (unpaired) electrons. The van der Waals surface area contributed by atoms with Gasteiger partial charge in [0.1, 0.15) is 11.5 Å². The van der Waals surface area contributed by atoms with Gasteiger partial charge in [-0.15, -0.1) is 0 Å². The van der Waals surface area contributed by atoms with E-state index < -0.39 is 11.8 Å². The summed E-state index contributed by atoms with van der Waals surface area (Å²) in [6.45, 7) is 5.81. The van der Waals surface area contributed by atoms with Crippen molar-refractivity contribution in [3.05, 3.63) is 59.7 Å². The lowest BCUT2D eigenvalue weighted by Gasteiger charge is -2.12. The van der Waals surface area contributed by atoms with Gasteiger partial charge in [-0.05, 0) is 48.6 Å². The number of hydrogen-bond donors (Lipinski definition) is 2. The first-order valence-electron chi connectivity index (χ1n) is 8.98. The first-order valence-corrected chi connectivity index (χ1v) is 8.98. The van der Waals surface area contributed by atoms with Crippen molar-refractivity contribution in [3.8, 4) is 11.5 Å². The number of carbonyl (C=O) groups is 2. The summed E-state index contributed by atoms with van der Waals surface area (Å²) in [7, 11) is 0. The number of carbonyl (C=O) groups excluding carboxylic acids is 2. The molecule has 2 N–H and O–H groups in total. The van der Waals surface area contributed by atoms with Gasteiger partial charge in [-0.1, -0.05) is 44.2 Å². The first kappa shape index (κ1) is 20.3. The van der Waals surface area contributed by atoms with Gasteiger partial charge < -0.3 is 9.47 Å². The molecule has 6 nitrogen and oxygen atoms in total. The van der Waals surface area contributed by atoms with E-state index in [1.165, 1.54) is 5.56 Å². The van der Waals surface area contributed by atoms with Crippen LogP contribution in [0, 0.1) is 6.92 Å². The van der Waals surface area contributed by atoms with E-state index in [1.54, 1.807) is 6.07 Å². The number of nitrogens with one attached hydrogen (secondary N) is 2. The second-order valence-corrected chi connectivity index (χ2v) is 6.32. The van der Waals surface area contributed by atoms with E-state index in [9.17, 15) is 9.59 Å². The van der Waals surface area contributed by atoms with Gasteiger partial charge in [0.05, 0.1) is 0 Å². The largest absolute Gasteiger partial charge is 0.484 e. The van der Waals surface area contributed by atoms with Crippen molar-refractivity contribution < 1.29 is 19.1 Å². The van der Waals surface area contributed by atoms with Gasteiger partial charge in [-0.25, -0.2) is 0 Å². The monoisotopic (exact) mass is 370 g/mol. The van der Waals surface area contributed by atoms with Crippen molar-refractivity contribution in [2.24, 2.45) is 0 Å². The molecule has 2 amide bonds. The number of aryl methyl sites for hydroxylation is 1. The first-order chi connectivity index (χ1) is 13.0. The molecule has 27 heavy (non-hydrogen) atoms. The fourth-order valence-corrected chi connectivity index (χ4v) is 2.35. The number of para-hydroxylation sites is 1. The molecule has 1 atom stereocenters. The predicted octanol–water partition coefficient (Wildman–Crippen LogP) is 3.11. The SMILES string of the molecule is CCC(C)c1ccc(OCC(=O)NNC(=O)COc2ccccc2C)cc1. The van der Waals surface area contributed by atoms with Crippen LogP contribution in [0.5, 0.6) is 11.5 Å². The zero-order chi connectivity index (χ0) is 19.6. The average molecular weight is 370 g/mol. The summed E-state index contributed by atoms with van der Waals surface area (Å²) in [6.07, 6.45) is 1.07. The Hall–Kier alpha value is -3.02. The second kappa shape index (κ2) is 10.2. The molecule has 2 aromatic rings. The van der Waals surface area contributed by atoms with E-state index in [1.807, 2.05) is 49.4 Å². The summed E-state index contributed by atoms with van der Waals surface area (Å²) in [4.78, 5) is 23.5. The maximum atomic E-state index is 11.8. The lowest BCUT2D eigenvalue weighted by molar-refractivity contribution is -0.131. The molecule has 2 aromatic carbocycles. The summed E-state index contributed by atoms with van der Waals surface area (Å²) >= 11 is 0. The molecule has 0 saturated heterocycles. The van der Waals surface area contributed by atoms with E-state index in [2.05, 4.69) is 24.7 Å². The Kier molecular flexibility index (Phi) is 7.67. The van der Waals surface area contributed by atoms with Crippen LogP contribution in [0.3, 0.4) is 0 Å². The van der Waals surface area contributed by atoms with Crippen LogP contribution in [0.15, 0.2) is 48.5 Å². The molecule has 2 rings (SSSR count). The van der Waals surface area contributed by atoms with Crippen LogP contribution in [-0.2, 0) is 9.59 Å². The van der Waals surface area contributed by atoms with Gasteiger partial charge in [0.15, 0.2) is 13.2 Å². The summed E-state index contributed by atoms with van der Waals surface area (Å²) in [5, 5.41) is 0. The van der Waals surface area contributed by atoms with E-state index in [4.69, 9.17) is 9.47 Å². The molecule has 0 saturated carbocycles. The van der Waals surface area contributed by atoms with Crippen LogP contribution < -0.4 is 20.3 Å². The minimum absolute atomic E-state index is 0.191. The molecule has 0 bridgehead atoms. The predicted molar refractivity (Wildman–Crippen MR) is 104 cm³/mol. The number of hydrazine groups is 1. The summed E-state index contributed by atoms with van der Waals surface area (Å²) in [5.41, 5.74) is 6.76. The number of benzene rings is 2. The van der Waals surface area contributed by atoms with E-state index in [-0.39, 0.29) is 13.2 Å². The van der Waals surface area contributed by atoms with Gasteiger partial charge in [0, 0.05) is 0 Å². The van der Waals surface area contributed by atoms with Crippen LogP contribution >= 0.6 is 0 Å². The van der Waals surface area contributed by atoms with Gasteiger partial charge in [0.2, 0.25) is 0 Å². The lowest BCUT2D eigenvalue weighted by atomic mass is 9.99. The molecule has 6 heteroatoms. The molecule has 144 valence electrons. The molecule has 1 unspecified atom stereocenters. The van der Waals surface area contributed by atoms with Crippen molar-refractivity contribution in [3.63, 3.8) is 0 Å². The van der Waals surface area contributed by atoms with E-state index in [0.717, 1.165) is 12.0 Å². The Morgan fingerprint density at radius 2 is 1.52 bits per heavy atom. The van der Waals surface area contributed by atoms with Crippen molar-refractivity contribution in [2.45, 2.75) is 33.1 Å². The Balaban J connectivity index is 1.68. The molecular weight excluding hydrogens is 344 g/mol. The molecule has 0 aliphatic carbocycles. The minimum atomic E-state index is -0.454. The molecular formula is C21H26N2O4. The Bertz CT molecular complexity index is 759. The van der Waals surface area contributed by atoms with E-state index >= 15 is 0 Å². The highest BCUT2D eigenvalue weighted by Gasteiger charge is 2.08. The van der Waals surface area contributed by atoms with Crippen molar-refractivity contribution in [1.29, 1.82) is 0 Å². The third-order valence-electron chi connectivity index (χ3n) is 4.23. The molecule has 0 aromatic heterocycles. The van der Waals surface area contributed by atoms with Gasteiger partial charge in [-0.3, -0.25) is 20.4 Å². The number of rotatable bonds is 8. The molecule has 0 aliphatic heterocycles. The van der Waals surface area contributed by atoms with Crippen LogP contribution in [0.4, 0.5) is 0 Å². The Morgan fingerprint density at radius 3 is 2.11 bits per heavy atom. The summed E-state index contributed by atoms with van der Waals surface area (Å²) in [6, 6.07) is 15.0. The van der Waals surface area contributed by atoms with Gasteiger partial charge in [-0.2, -0.15) is 0 Å². The standard InChI is InChI=1S/C21H26N2O4/c1-4-15(2)17-9-11-18(12-10-17)26-13-20(24)22-23-21(25)14-27-19-8-6-5-7-16(19)3/h5-12,15H,4,13-14H2,1-3H3,(H,22,24)(H,23,25). The highest BCUT2D eigenvalue weighted by atomic mass is 16.5. The second-order valence-electron chi connectivity index (χ2n) is 6.32. The maximum absolute atomic E-state index is 11.8. The smallest absolute Gasteiger partial charge is 0.276 e. The maximum Gasteiger partial charge on any atom is 0.276 e. The zero-order valence-electron chi connectivity index (χ0n) is 16.0. The number of ether oxygens (including phenoxy) is 2. The minimum Gasteiger partial charge on any atom is -0.484 e. The third kappa shape index (κ3) is 6.66. The topological polar surface area (TPSA) is 76.7 Å². The van der Waals surface area contributed by atoms with Crippen LogP contribution in [0.25, 0.3) is 0 Å². The lowest BCUT2D eigenvalue weighted by Crippen LogP contribution is -2.45. The Labute approximate surface area is 159 Å². The molecule has 0 heterocycles. The fourth-order valence-electron chi connectivity index (χ4n) is 2.35. The van der Waals surface area contributed by atoms with Crippen LogP contribution in [0.2, 0.25) is 0 Å². The Morgan fingerprint density at radius 1 is 0.926 bits per heavy atom. The van der Waals surface area contributed by atoms with Gasteiger partial charge in [0.25, 0.3) is 11.8 Å². The van der Waals surface area contributed by atoms with Crippen molar-refractivity contribution >= 4 is 11.8 Å². The highest BCUT2D eigenvalue weighted by molar-refractivity contribution is 5.83. The average Bonchev–Trinajstić information content (AvgIpc) is 2.69. The molecule has 0 aliphatic rings. The van der Waals surface area contributed by atoms with Crippen LogP contribution in [-0.4, -0.2) is 25.0 Å². The van der Waals surface area contributed by atoms with Gasteiger partial charge >= 0.3 is 0 Å². The molecule has 0 spiro atoms. The van der Waals surface area contributed by atoms with Crippen LogP contribution in [0.1, 0.15) is 37.3 Å². The molecule has 0 fully saturated rings. The third-order valence-corrected chi connectivity index (χ3v) is 4.23. The summed E-state index contributed by atoms with van der Waals surface area (Å²) in [5.74, 6) is 0.809.